The van der Waals surface area contributed by atoms with Crippen LogP contribution < -0.4 is 10.1 Å². The normalized spacial score (nSPS) is 21.2. The Kier molecular flexibility index (Phi) is 7.50. The van der Waals surface area contributed by atoms with E-state index in [1.165, 1.54) is 37.7 Å². The Morgan fingerprint density at radius 2 is 2.09 bits per heavy atom. The van der Waals surface area contributed by atoms with E-state index in [1.807, 2.05) is 12.1 Å². The van der Waals surface area contributed by atoms with Gasteiger partial charge >= 0.3 is 0 Å². The number of hydrogen-bond acceptors (Lipinski definition) is 3. The average molecular weight is 326 g/mol. The van der Waals surface area contributed by atoms with Crippen LogP contribution in [0.1, 0.15) is 51.0 Å². The van der Waals surface area contributed by atoms with Crippen LogP contribution in [0.25, 0.3) is 0 Å². The molecular formula is C18H28ClNO2. The molecule has 1 fully saturated rings. The van der Waals surface area contributed by atoms with Crippen LogP contribution in [-0.4, -0.2) is 30.4 Å². The second kappa shape index (κ2) is 9.39. The maximum atomic E-state index is 9.13. The summed E-state index contributed by atoms with van der Waals surface area (Å²) in [5.41, 5.74) is 1.21. The van der Waals surface area contributed by atoms with E-state index in [2.05, 4.69) is 18.3 Å². The lowest BCUT2D eigenvalue weighted by Crippen LogP contribution is -2.25. The quantitative estimate of drug-likeness (QED) is 0.675. The molecule has 3 nitrogen and oxygen atoms in total. The Hall–Kier alpha value is -0.770. The molecule has 2 rings (SSSR count). The Morgan fingerprint density at radius 1 is 1.27 bits per heavy atom. The van der Waals surface area contributed by atoms with Crippen LogP contribution in [0, 0.1) is 0 Å². The first-order valence-electron chi connectivity index (χ1n) is 8.52. The SMILES string of the molecule is CCCCCCCc1ccc(OC2CN[C@H](CO)C2)cc1Cl. The monoisotopic (exact) mass is 325 g/mol. The molecule has 0 amide bonds. The number of aliphatic hydroxyl groups excluding tert-OH is 1. The van der Waals surface area contributed by atoms with Gasteiger partial charge in [0, 0.05) is 24.0 Å². The fraction of sp³-hybridized carbons (Fsp3) is 0.667. The Morgan fingerprint density at radius 3 is 2.77 bits per heavy atom. The summed E-state index contributed by atoms with van der Waals surface area (Å²) < 4.78 is 5.94. The predicted octanol–water partition coefficient (Wildman–Crippen LogP) is 3.95. The largest absolute Gasteiger partial charge is 0.489 e. The van der Waals surface area contributed by atoms with Crippen LogP contribution in [-0.2, 0) is 6.42 Å². The molecule has 1 aromatic rings. The van der Waals surface area contributed by atoms with Crippen molar-refractivity contribution in [3.05, 3.63) is 28.8 Å². The van der Waals surface area contributed by atoms with Gasteiger partial charge in [0.1, 0.15) is 11.9 Å². The van der Waals surface area contributed by atoms with Crippen molar-refractivity contribution in [2.75, 3.05) is 13.2 Å². The highest BCUT2D eigenvalue weighted by Crippen LogP contribution is 2.26. The Labute approximate surface area is 139 Å². The van der Waals surface area contributed by atoms with Crippen molar-refractivity contribution in [3.8, 4) is 5.75 Å². The van der Waals surface area contributed by atoms with E-state index in [4.69, 9.17) is 21.4 Å². The number of hydrogen-bond donors (Lipinski definition) is 2. The van der Waals surface area contributed by atoms with Crippen LogP contribution in [0.2, 0.25) is 5.02 Å². The molecule has 2 atom stereocenters. The minimum atomic E-state index is 0.119. The first-order chi connectivity index (χ1) is 10.7. The summed E-state index contributed by atoms with van der Waals surface area (Å²) in [5, 5.41) is 13.2. The highest BCUT2D eigenvalue weighted by atomic mass is 35.5. The lowest BCUT2D eigenvalue weighted by Gasteiger charge is -2.14. The Balaban J connectivity index is 1.79. The van der Waals surface area contributed by atoms with E-state index in [9.17, 15) is 0 Å². The number of unbranched alkanes of at least 4 members (excludes halogenated alkanes) is 4. The third-order valence-electron chi connectivity index (χ3n) is 4.28. The highest BCUT2D eigenvalue weighted by molar-refractivity contribution is 6.31. The first-order valence-corrected chi connectivity index (χ1v) is 8.90. The summed E-state index contributed by atoms with van der Waals surface area (Å²) in [4.78, 5) is 0. The predicted molar refractivity (Wildman–Crippen MR) is 91.8 cm³/mol. The molecule has 0 saturated carbocycles. The number of benzene rings is 1. The highest BCUT2D eigenvalue weighted by Gasteiger charge is 2.24. The Bertz CT molecular complexity index is 453. The standard InChI is InChI=1S/C18H28ClNO2/c1-2-3-4-5-6-7-14-8-9-16(11-18(14)19)22-17-10-15(13-21)20-12-17/h8-9,11,15,17,20-21H,2-7,10,12-13H2,1H3/t15-,17?/m0/s1. The fourth-order valence-electron chi connectivity index (χ4n) is 2.93. The van der Waals surface area contributed by atoms with Crippen molar-refractivity contribution in [2.24, 2.45) is 0 Å². The van der Waals surface area contributed by atoms with E-state index in [0.29, 0.717) is 0 Å². The number of aliphatic hydroxyl groups is 1. The molecule has 1 aliphatic heterocycles. The van der Waals surface area contributed by atoms with Gasteiger partial charge < -0.3 is 15.2 Å². The van der Waals surface area contributed by atoms with Gasteiger partial charge in [0.2, 0.25) is 0 Å². The van der Waals surface area contributed by atoms with E-state index in [-0.39, 0.29) is 18.8 Å². The number of ether oxygens (including phenoxy) is 1. The summed E-state index contributed by atoms with van der Waals surface area (Å²) in [5.74, 6) is 0.824. The van der Waals surface area contributed by atoms with Crippen LogP contribution in [0.15, 0.2) is 18.2 Å². The lowest BCUT2D eigenvalue weighted by molar-refractivity contribution is 0.206. The van der Waals surface area contributed by atoms with Gasteiger partial charge in [0.05, 0.1) is 6.61 Å². The zero-order valence-corrected chi connectivity index (χ0v) is 14.2. The molecule has 1 saturated heterocycles. The van der Waals surface area contributed by atoms with Crippen molar-refractivity contribution in [2.45, 2.75) is 64.0 Å². The van der Waals surface area contributed by atoms with E-state index in [1.54, 1.807) is 0 Å². The zero-order valence-electron chi connectivity index (χ0n) is 13.5. The molecule has 2 N–H and O–H groups in total. The summed E-state index contributed by atoms with van der Waals surface area (Å²) >= 11 is 6.38. The lowest BCUT2D eigenvalue weighted by atomic mass is 10.1. The second-order valence-corrected chi connectivity index (χ2v) is 6.59. The van der Waals surface area contributed by atoms with Crippen molar-refractivity contribution in [1.82, 2.24) is 5.32 Å². The third-order valence-corrected chi connectivity index (χ3v) is 4.63. The van der Waals surface area contributed by atoms with Crippen molar-refractivity contribution < 1.29 is 9.84 Å². The summed E-state index contributed by atoms with van der Waals surface area (Å²) in [6.07, 6.45) is 8.39. The van der Waals surface area contributed by atoms with E-state index in [0.717, 1.165) is 30.2 Å². The first kappa shape index (κ1) is 17.6. The van der Waals surface area contributed by atoms with Crippen LogP contribution in [0.5, 0.6) is 5.75 Å². The molecule has 0 aromatic heterocycles. The van der Waals surface area contributed by atoms with Crippen molar-refractivity contribution in [1.29, 1.82) is 0 Å². The van der Waals surface area contributed by atoms with Crippen molar-refractivity contribution in [3.63, 3.8) is 0 Å². The number of nitrogens with one attached hydrogen (secondary N) is 1. The topological polar surface area (TPSA) is 41.5 Å². The zero-order chi connectivity index (χ0) is 15.8. The molecule has 1 heterocycles. The van der Waals surface area contributed by atoms with Crippen molar-refractivity contribution >= 4 is 11.6 Å². The maximum absolute atomic E-state index is 9.13. The number of aryl methyl sites for hydroxylation is 1. The van der Waals surface area contributed by atoms with Gasteiger partial charge in [-0.25, -0.2) is 0 Å². The third kappa shape index (κ3) is 5.45. The molecule has 0 radical (unpaired) electrons. The fourth-order valence-corrected chi connectivity index (χ4v) is 3.19. The van der Waals surface area contributed by atoms with Crippen LogP contribution >= 0.6 is 11.6 Å². The van der Waals surface area contributed by atoms with Gasteiger partial charge in [0.15, 0.2) is 0 Å². The van der Waals surface area contributed by atoms with Gasteiger partial charge in [-0.3, -0.25) is 0 Å². The van der Waals surface area contributed by atoms with E-state index >= 15 is 0 Å². The molecule has 1 unspecified atom stereocenters. The van der Waals surface area contributed by atoms with Gasteiger partial charge in [0.25, 0.3) is 0 Å². The maximum Gasteiger partial charge on any atom is 0.121 e. The number of halogens is 1. The molecule has 0 aliphatic carbocycles. The second-order valence-electron chi connectivity index (χ2n) is 6.18. The average Bonchev–Trinajstić information content (AvgIpc) is 2.96. The minimum absolute atomic E-state index is 0.119. The van der Waals surface area contributed by atoms with Gasteiger partial charge in [-0.05, 0) is 30.5 Å². The number of rotatable bonds is 9. The van der Waals surface area contributed by atoms with Crippen LogP contribution in [0.4, 0.5) is 0 Å². The summed E-state index contributed by atoms with van der Waals surface area (Å²) in [7, 11) is 0. The van der Waals surface area contributed by atoms with Crippen LogP contribution in [0.3, 0.4) is 0 Å². The molecule has 4 heteroatoms. The van der Waals surface area contributed by atoms with Gasteiger partial charge in [-0.1, -0.05) is 50.3 Å². The molecular weight excluding hydrogens is 298 g/mol. The molecule has 1 aliphatic rings. The smallest absolute Gasteiger partial charge is 0.121 e. The van der Waals surface area contributed by atoms with Gasteiger partial charge in [-0.2, -0.15) is 0 Å². The molecule has 0 bridgehead atoms. The minimum Gasteiger partial charge on any atom is -0.489 e. The molecule has 1 aromatic carbocycles. The summed E-state index contributed by atoms with van der Waals surface area (Å²) in [6, 6.07) is 6.18. The molecule has 0 spiro atoms. The summed E-state index contributed by atoms with van der Waals surface area (Å²) in [6.45, 7) is 3.18. The van der Waals surface area contributed by atoms with Gasteiger partial charge in [-0.15, -0.1) is 0 Å². The molecule has 22 heavy (non-hydrogen) atoms. The van der Waals surface area contributed by atoms with E-state index < -0.39 is 0 Å². The molecule has 124 valence electrons.